The summed E-state index contributed by atoms with van der Waals surface area (Å²) in [5.41, 5.74) is 3.65. The Bertz CT molecular complexity index is 836. The summed E-state index contributed by atoms with van der Waals surface area (Å²) in [5, 5.41) is 3.47. The highest BCUT2D eigenvalue weighted by molar-refractivity contribution is 6.31. The molecule has 5 nitrogen and oxygen atoms in total. The number of hydrogen-bond donors (Lipinski definition) is 1. The molecule has 0 spiro atoms. The summed E-state index contributed by atoms with van der Waals surface area (Å²) in [6, 6.07) is 11.4. The van der Waals surface area contributed by atoms with Crippen molar-refractivity contribution in [2.24, 2.45) is 0 Å². The number of nitrogens with one attached hydrogen (secondary N) is 1. The molecule has 0 aliphatic heterocycles. The maximum atomic E-state index is 12.3. The number of anilines is 1. The van der Waals surface area contributed by atoms with Crippen LogP contribution in [0.4, 0.5) is 5.69 Å². The van der Waals surface area contributed by atoms with Crippen molar-refractivity contribution in [2.75, 3.05) is 18.6 Å². The Labute approximate surface area is 165 Å². The average Bonchev–Trinajstić information content (AvgIpc) is 2.63. The van der Waals surface area contributed by atoms with E-state index in [9.17, 15) is 9.59 Å². The van der Waals surface area contributed by atoms with Crippen molar-refractivity contribution in [3.8, 4) is 5.75 Å². The second kappa shape index (κ2) is 9.42. The quantitative estimate of drug-likeness (QED) is 0.779. The van der Waals surface area contributed by atoms with Gasteiger partial charge in [-0.1, -0.05) is 35.9 Å². The number of rotatable bonds is 7. The van der Waals surface area contributed by atoms with E-state index in [-0.39, 0.29) is 24.8 Å². The molecule has 2 amide bonds. The minimum absolute atomic E-state index is 0.117. The molecule has 0 aliphatic rings. The van der Waals surface area contributed by atoms with Gasteiger partial charge in [-0.2, -0.15) is 0 Å². The highest BCUT2D eigenvalue weighted by Crippen LogP contribution is 2.34. The summed E-state index contributed by atoms with van der Waals surface area (Å²) in [5.74, 6) is 0.219. The largest absolute Gasteiger partial charge is 0.495 e. The van der Waals surface area contributed by atoms with Crippen molar-refractivity contribution < 1.29 is 14.3 Å². The first kappa shape index (κ1) is 20.8. The van der Waals surface area contributed by atoms with Crippen molar-refractivity contribution in [1.82, 2.24) is 5.32 Å². The van der Waals surface area contributed by atoms with E-state index in [1.165, 1.54) is 18.9 Å². The van der Waals surface area contributed by atoms with Crippen LogP contribution in [0.3, 0.4) is 0 Å². The summed E-state index contributed by atoms with van der Waals surface area (Å²) in [6.07, 6.45) is 0.191. The van der Waals surface area contributed by atoms with E-state index in [0.717, 1.165) is 16.7 Å². The van der Waals surface area contributed by atoms with Crippen LogP contribution in [0.25, 0.3) is 0 Å². The topological polar surface area (TPSA) is 58.6 Å². The molecule has 0 aliphatic carbocycles. The van der Waals surface area contributed by atoms with Gasteiger partial charge in [-0.25, -0.2) is 0 Å². The Balaban J connectivity index is 2.05. The molecule has 0 fully saturated rings. The molecule has 0 saturated carbocycles. The van der Waals surface area contributed by atoms with Gasteiger partial charge >= 0.3 is 0 Å². The zero-order valence-electron chi connectivity index (χ0n) is 16.1. The highest BCUT2D eigenvalue weighted by Gasteiger charge is 2.19. The van der Waals surface area contributed by atoms with Crippen molar-refractivity contribution in [2.45, 2.75) is 33.7 Å². The van der Waals surface area contributed by atoms with Crippen molar-refractivity contribution in [3.63, 3.8) is 0 Å². The number of aryl methyl sites for hydroxylation is 2. The van der Waals surface area contributed by atoms with Crippen LogP contribution in [0, 0.1) is 13.8 Å². The smallest absolute Gasteiger partial charge is 0.223 e. The van der Waals surface area contributed by atoms with Gasteiger partial charge in [0, 0.05) is 37.5 Å². The maximum Gasteiger partial charge on any atom is 0.223 e. The number of ether oxygens (including phenoxy) is 1. The summed E-state index contributed by atoms with van der Waals surface area (Å²) in [4.78, 5) is 25.9. The zero-order valence-corrected chi connectivity index (χ0v) is 16.9. The maximum absolute atomic E-state index is 12.3. The molecule has 1 N–H and O–H groups in total. The number of carbonyl (C=O) groups excluding carboxylic acids is 2. The summed E-state index contributed by atoms with van der Waals surface area (Å²) < 4.78 is 5.36. The number of halogens is 1. The average molecular weight is 389 g/mol. The predicted octanol–water partition coefficient (Wildman–Crippen LogP) is 4.02. The molecular weight excluding hydrogens is 364 g/mol. The van der Waals surface area contributed by atoms with Gasteiger partial charge in [-0.15, -0.1) is 0 Å². The fourth-order valence-corrected chi connectivity index (χ4v) is 2.93. The molecule has 144 valence electrons. The predicted molar refractivity (Wildman–Crippen MR) is 108 cm³/mol. The monoisotopic (exact) mass is 388 g/mol. The number of amides is 2. The van der Waals surface area contributed by atoms with Gasteiger partial charge < -0.3 is 15.0 Å². The van der Waals surface area contributed by atoms with Gasteiger partial charge in [-0.05, 0) is 36.6 Å². The van der Waals surface area contributed by atoms with Crippen LogP contribution >= 0.6 is 11.6 Å². The lowest BCUT2D eigenvalue weighted by Crippen LogP contribution is -2.34. The van der Waals surface area contributed by atoms with Crippen molar-refractivity contribution in [1.29, 1.82) is 0 Å². The Morgan fingerprint density at radius 1 is 1.15 bits per heavy atom. The second-order valence-electron chi connectivity index (χ2n) is 6.40. The Hall–Kier alpha value is -2.53. The van der Waals surface area contributed by atoms with Crippen LogP contribution < -0.4 is 15.0 Å². The van der Waals surface area contributed by atoms with Gasteiger partial charge in [0.1, 0.15) is 5.75 Å². The molecule has 2 rings (SSSR count). The van der Waals surface area contributed by atoms with Crippen LogP contribution in [0.15, 0.2) is 36.4 Å². The van der Waals surface area contributed by atoms with Crippen LogP contribution in [-0.2, 0) is 16.1 Å². The van der Waals surface area contributed by atoms with Crippen molar-refractivity contribution >= 4 is 29.1 Å². The number of benzene rings is 2. The van der Waals surface area contributed by atoms with Gasteiger partial charge in [0.2, 0.25) is 11.8 Å². The minimum atomic E-state index is -0.165. The molecular formula is C21H25ClN2O3. The van der Waals surface area contributed by atoms with Crippen LogP contribution in [-0.4, -0.2) is 25.5 Å². The van der Waals surface area contributed by atoms with E-state index in [1.54, 1.807) is 12.1 Å². The number of hydrogen-bond acceptors (Lipinski definition) is 3. The first-order valence-electron chi connectivity index (χ1n) is 8.77. The first-order valence-corrected chi connectivity index (χ1v) is 9.14. The number of carbonyl (C=O) groups is 2. The highest BCUT2D eigenvalue weighted by atomic mass is 35.5. The third kappa shape index (κ3) is 5.47. The lowest BCUT2D eigenvalue weighted by molar-refractivity contribution is -0.121. The van der Waals surface area contributed by atoms with Gasteiger partial charge in [0.25, 0.3) is 0 Å². The van der Waals surface area contributed by atoms with Gasteiger partial charge in [-0.3, -0.25) is 9.59 Å². The molecule has 0 radical (unpaired) electrons. The van der Waals surface area contributed by atoms with E-state index < -0.39 is 0 Å². The molecule has 2 aromatic rings. The fraction of sp³-hybridized carbons (Fsp3) is 0.333. The molecule has 0 aromatic heterocycles. The Morgan fingerprint density at radius 2 is 1.85 bits per heavy atom. The zero-order chi connectivity index (χ0) is 20.0. The molecule has 0 atom stereocenters. The van der Waals surface area contributed by atoms with E-state index in [4.69, 9.17) is 16.3 Å². The van der Waals surface area contributed by atoms with Crippen molar-refractivity contribution in [3.05, 3.63) is 58.1 Å². The third-order valence-corrected chi connectivity index (χ3v) is 4.84. The molecule has 0 unspecified atom stereocenters. The minimum Gasteiger partial charge on any atom is -0.495 e. The molecule has 6 heteroatoms. The molecule has 27 heavy (non-hydrogen) atoms. The SMILES string of the molecule is COc1cc(Cl)c(C)cc1N(CCC(=O)NCc1ccccc1C)C(C)=O. The molecule has 0 saturated heterocycles. The molecule has 0 bridgehead atoms. The third-order valence-electron chi connectivity index (χ3n) is 4.43. The first-order chi connectivity index (χ1) is 12.8. The molecule has 2 aromatic carbocycles. The second-order valence-corrected chi connectivity index (χ2v) is 6.80. The molecule has 0 heterocycles. The lowest BCUT2D eigenvalue weighted by Gasteiger charge is -2.24. The Morgan fingerprint density at radius 3 is 2.48 bits per heavy atom. The van der Waals surface area contributed by atoms with E-state index in [0.29, 0.717) is 23.0 Å². The van der Waals surface area contributed by atoms with E-state index >= 15 is 0 Å². The number of methoxy groups -OCH3 is 1. The standard InChI is InChI=1S/C21H25ClN2O3/c1-14-7-5-6-8-17(14)13-23-21(26)9-10-24(16(3)25)19-11-15(2)18(22)12-20(19)27-4/h5-8,11-12H,9-10,13H2,1-4H3,(H,23,26). The summed E-state index contributed by atoms with van der Waals surface area (Å²) >= 11 is 6.14. The number of nitrogens with zero attached hydrogens (tertiary/aromatic N) is 1. The van der Waals surface area contributed by atoms with Crippen LogP contribution in [0.1, 0.15) is 30.0 Å². The van der Waals surface area contributed by atoms with E-state index in [1.807, 2.05) is 38.1 Å². The Kier molecular flexibility index (Phi) is 7.25. The normalized spacial score (nSPS) is 10.4. The van der Waals surface area contributed by atoms with Gasteiger partial charge in [0.15, 0.2) is 0 Å². The van der Waals surface area contributed by atoms with Gasteiger partial charge in [0.05, 0.1) is 12.8 Å². The summed E-state index contributed by atoms with van der Waals surface area (Å²) in [7, 11) is 1.53. The van der Waals surface area contributed by atoms with Crippen LogP contribution in [0.2, 0.25) is 5.02 Å². The van der Waals surface area contributed by atoms with E-state index in [2.05, 4.69) is 5.32 Å². The fourth-order valence-electron chi connectivity index (χ4n) is 2.77. The summed E-state index contributed by atoms with van der Waals surface area (Å²) in [6.45, 7) is 6.06. The van der Waals surface area contributed by atoms with Crippen LogP contribution in [0.5, 0.6) is 5.75 Å². The lowest BCUT2D eigenvalue weighted by atomic mass is 10.1.